The van der Waals surface area contributed by atoms with Gasteiger partial charge >= 0.3 is 6.18 Å². The summed E-state index contributed by atoms with van der Waals surface area (Å²) in [6.07, 6.45) is -4.36. The average molecular weight is 388 g/mol. The van der Waals surface area contributed by atoms with Crippen LogP contribution in [-0.2, 0) is 19.8 Å². The molecule has 2 aromatic carbocycles. The molecule has 0 bridgehead atoms. The standard InChI is InChI=1S/C21H23F3N4/c1-27-19-8-7-16(21(22,23)24)9-18(19)26-20(27)13-28-11-15(10-25)17(12-28)14-5-3-2-4-6-14/h2-9,15,17H,10-13,25H2,1H3/t15-,17+/m1/s1. The molecule has 1 saturated heterocycles. The first-order valence-electron chi connectivity index (χ1n) is 9.36. The van der Waals surface area contributed by atoms with Gasteiger partial charge in [0.05, 0.1) is 23.1 Å². The number of halogens is 3. The second-order valence-corrected chi connectivity index (χ2v) is 7.50. The van der Waals surface area contributed by atoms with Crippen LogP contribution in [0.3, 0.4) is 0 Å². The highest BCUT2D eigenvalue weighted by atomic mass is 19.4. The van der Waals surface area contributed by atoms with Crippen LogP contribution in [0, 0.1) is 5.92 Å². The van der Waals surface area contributed by atoms with Crippen molar-refractivity contribution < 1.29 is 13.2 Å². The van der Waals surface area contributed by atoms with E-state index in [9.17, 15) is 13.2 Å². The van der Waals surface area contributed by atoms with Crippen LogP contribution in [0.2, 0.25) is 0 Å². The number of hydrogen-bond acceptors (Lipinski definition) is 3. The molecule has 7 heteroatoms. The Morgan fingerprint density at radius 3 is 2.54 bits per heavy atom. The molecule has 0 amide bonds. The number of nitrogens with two attached hydrogens (primary N) is 1. The van der Waals surface area contributed by atoms with Gasteiger partial charge < -0.3 is 10.3 Å². The summed E-state index contributed by atoms with van der Waals surface area (Å²) < 4.78 is 40.8. The monoisotopic (exact) mass is 388 g/mol. The van der Waals surface area contributed by atoms with E-state index in [1.54, 1.807) is 0 Å². The fraction of sp³-hybridized carbons (Fsp3) is 0.381. The summed E-state index contributed by atoms with van der Waals surface area (Å²) in [4.78, 5) is 6.78. The summed E-state index contributed by atoms with van der Waals surface area (Å²) in [5.41, 5.74) is 7.70. The van der Waals surface area contributed by atoms with Crippen molar-refractivity contribution in [2.24, 2.45) is 18.7 Å². The number of fused-ring (bicyclic) bond motifs is 1. The maximum absolute atomic E-state index is 13.0. The molecule has 148 valence electrons. The van der Waals surface area contributed by atoms with Gasteiger partial charge in [-0.25, -0.2) is 4.98 Å². The fourth-order valence-corrected chi connectivity index (χ4v) is 4.17. The molecule has 0 spiro atoms. The number of aromatic nitrogens is 2. The number of aryl methyl sites for hydroxylation is 1. The van der Waals surface area contributed by atoms with E-state index in [1.165, 1.54) is 11.6 Å². The summed E-state index contributed by atoms with van der Waals surface area (Å²) >= 11 is 0. The van der Waals surface area contributed by atoms with Gasteiger partial charge in [0.1, 0.15) is 5.82 Å². The smallest absolute Gasteiger partial charge is 0.330 e. The molecule has 0 radical (unpaired) electrons. The van der Waals surface area contributed by atoms with Crippen LogP contribution >= 0.6 is 0 Å². The zero-order chi connectivity index (χ0) is 19.9. The highest BCUT2D eigenvalue weighted by Crippen LogP contribution is 2.34. The van der Waals surface area contributed by atoms with E-state index in [0.717, 1.165) is 31.0 Å². The number of nitrogens with zero attached hydrogens (tertiary/aromatic N) is 3. The van der Waals surface area contributed by atoms with Gasteiger partial charge in [0.15, 0.2) is 0 Å². The largest absolute Gasteiger partial charge is 0.416 e. The van der Waals surface area contributed by atoms with Gasteiger partial charge in [-0.05, 0) is 36.2 Å². The normalized spacial score (nSPS) is 20.9. The number of imidazole rings is 1. The zero-order valence-electron chi connectivity index (χ0n) is 15.7. The maximum Gasteiger partial charge on any atom is 0.416 e. The highest BCUT2D eigenvalue weighted by Gasteiger charge is 2.34. The second kappa shape index (κ2) is 7.22. The lowest BCUT2D eigenvalue weighted by Crippen LogP contribution is -2.24. The van der Waals surface area contributed by atoms with Gasteiger partial charge in [-0.1, -0.05) is 30.3 Å². The molecule has 1 aromatic heterocycles. The van der Waals surface area contributed by atoms with Crippen molar-refractivity contribution in [1.29, 1.82) is 0 Å². The molecule has 2 atom stereocenters. The Labute approximate surface area is 161 Å². The van der Waals surface area contributed by atoms with Gasteiger partial charge in [0.2, 0.25) is 0 Å². The molecule has 4 rings (SSSR count). The van der Waals surface area contributed by atoms with Crippen LogP contribution in [0.4, 0.5) is 13.2 Å². The molecule has 0 saturated carbocycles. The van der Waals surface area contributed by atoms with Crippen LogP contribution in [0.5, 0.6) is 0 Å². The third-order valence-electron chi connectivity index (χ3n) is 5.71. The molecule has 2 N–H and O–H groups in total. The number of hydrogen-bond donors (Lipinski definition) is 1. The molecule has 2 heterocycles. The minimum absolute atomic E-state index is 0.355. The first-order valence-corrected chi connectivity index (χ1v) is 9.36. The van der Waals surface area contributed by atoms with Crippen molar-refractivity contribution >= 4 is 11.0 Å². The quantitative estimate of drug-likeness (QED) is 0.740. The Bertz CT molecular complexity index is 965. The van der Waals surface area contributed by atoms with Crippen molar-refractivity contribution in [1.82, 2.24) is 14.5 Å². The molecule has 3 aromatic rings. The van der Waals surface area contributed by atoms with Crippen LogP contribution < -0.4 is 5.73 Å². The lowest BCUT2D eigenvalue weighted by molar-refractivity contribution is -0.137. The Morgan fingerprint density at radius 2 is 1.86 bits per heavy atom. The summed E-state index contributed by atoms with van der Waals surface area (Å²) in [7, 11) is 1.85. The summed E-state index contributed by atoms with van der Waals surface area (Å²) in [5.74, 6) is 1.48. The van der Waals surface area contributed by atoms with Gasteiger partial charge in [-0.3, -0.25) is 4.90 Å². The van der Waals surface area contributed by atoms with E-state index >= 15 is 0 Å². The minimum atomic E-state index is -4.36. The first kappa shape index (κ1) is 19.0. The molecule has 1 fully saturated rings. The van der Waals surface area contributed by atoms with E-state index in [-0.39, 0.29) is 0 Å². The summed E-state index contributed by atoms with van der Waals surface area (Å²) in [6, 6.07) is 14.1. The maximum atomic E-state index is 13.0. The lowest BCUT2D eigenvalue weighted by atomic mass is 9.89. The van der Waals surface area contributed by atoms with Crippen molar-refractivity contribution in [2.75, 3.05) is 19.6 Å². The van der Waals surface area contributed by atoms with Crippen LogP contribution in [0.25, 0.3) is 11.0 Å². The number of benzene rings is 2. The molecule has 0 unspecified atom stereocenters. The molecular weight excluding hydrogens is 365 g/mol. The average Bonchev–Trinajstić information content (AvgIpc) is 3.23. The Kier molecular flexibility index (Phi) is 4.89. The van der Waals surface area contributed by atoms with Crippen molar-refractivity contribution in [3.63, 3.8) is 0 Å². The van der Waals surface area contributed by atoms with Crippen LogP contribution in [0.1, 0.15) is 22.9 Å². The third kappa shape index (κ3) is 3.52. The van der Waals surface area contributed by atoms with E-state index in [0.29, 0.717) is 36.0 Å². The highest BCUT2D eigenvalue weighted by molar-refractivity contribution is 5.77. The molecule has 28 heavy (non-hydrogen) atoms. The number of likely N-dealkylation sites (tertiary alicyclic amines) is 1. The van der Waals surface area contributed by atoms with Crippen molar-refractivity contribution in [2.45, 2.75) is 18.6 Å². The Hall–Kier alpha value is -2.38. The molecule has 0 aliphatic carbocycles. The number of alkyl halides is 3. The predicted octanol–water partition coefficient (Wildman–Crippen LogP) is 3.77. The van der Waals surface area contributed by atoms with E-state index in [1.807, 2.05) is 29.8 Å². The van der Waals surface area contributed by atoms with E-state index in [2.05, 4.69) is 22.0 Å². The van der Waals surface area contributed by atoms with Gasteiger partial charge in [0.25, 0.3) is 0 Å². The SMILES string of the molecule is Cn1c(CN2C[C@@H](CN)[C@H](c3ccccc3)C2)nc2cc(C(F)(F)F)ccc21. The molecule has 1 aliphatic rings. The van der Waals surface area contributed by atoms with E-state index in [4.69, 9.17) is 5.73 Å². The molecular formula is C21H23F3N4. The van der Waals surface area contributed by atoms with Gasteiger partial charge in [-0.15, -0.1) is 0 Å². The van der Waals surface area contributed by atoms with Gasteiger partial charge in [-0.2, -0.15) is 13.2 Å². The van der Waals surface area contributed by atoms with E-state index < -0.39 is 11.7 Å². The summed E-state index contributed by atoms with van der Waals surface area (Å²) in [5, 5.41) is 0. The summed E-state index contributed by atoms with van der Waals surface area (Å²) in [6.45, 7) is 2.91. The second-order valence-electron chi connectivity index (χ2n) is 7.50. The lowest BCUT2D eigenvalue weighted by Gasteiger charge is -2.16. The fourth-order valence-electron chi connectivity index (χ4n) is 4.17. The molecule has 1 aliphatic heterocycles. The Morgan fingerprint density at radius 1 is 1.11 bits per heavy atom. The van der Waals surface area contributed by atoms with Crippen LogP contribution in [-0.4, -0.2) is 34.1 Å². The Balaban J connectivity index is 1.57. The van der Waals surface area contributed by atoms with Crippen molar-refractivity contribution in [3.05, 3.63) is 65.5 Å². The molecule has 4 nitrogen and oxygen atoms in total. The first-order chi connectivity index (χ1) is 13.4. The third-order valence-corrected chi connectivity index (χ3v) is 5.71. The van der Waals surface area contributed by atoms with Gasteiger partial charge in [0, 0.05) is 26.1 Å². The minimum Gasteiger partial charge on any atom is -0.330 e. The zero-order valence-corrected chi connectivity index (χ0v) is 15.7. The predicted molar refractivity (Wildman–Crippen MR) is 103 cm³/mol. The van der Waals surface area contributed by atoms with Crippen molar-refractivity contribution in [3.8, 4) is 0 Å². The van der Waals surface area contributed by atoms with Crippen LogP contribution in [0.15, 0.2) is 48.5 Å². The topological polar surface area (TPSA) is 47.1 Å². The number of rotatable bonds is 4.